The summed E-state index contributed by atoms with van der Waals surface area (Å²) in [6.45, 7) is 4.61. The summed E-state index contributed by atoms with van der Waals surface area (Å²) in [6.07, 6.45) is 0. The maximum absolute atomic E-state index is 12.5. The highest BCUT2D eigenvalue weighted by Gasteiger charge is 2.17. The molecule has 0 bridgehead atoms. The minimum atomic E-state index is -3.80. The fourth-order valence-electron chi connectivity index (χ4n) is 1.97. The Morgan fingerprint density at radius 2 is 1.58 bits per heavy atom. The third-order valence-corrected chi connectivity index (χ3v) is 5.11. The largest absolute Gasteiger partial charge is 0.490 e. The lowest BCUT2D eigenvalue weighted by atomic mass is 10.3. The maximum atomic E-state index is 12.5. The molecular formula is C16H17Cl2NO4S. The van der Waals surface area contributed by atoms with Crippen LogP contribution in [0.5, 0.6) is 11.5 Å². The van der Waals surface area contributed by atoms with E-state index in [0.29, 0.717) is 30.4 Å². The molecule has 2 aromatic rings. The zero-order valence-corrected chi connectivity index (χ0v) is 15.5. The number of hydrogen-bond donors (Lipinski definition) is 1. The van der Waals surface area contributed by atoms with Crippen molar-refractivity contribution in [2.24, 2.45) is 0 Å². The highest BCUT2D eigenvalue weighted by atomic mass is 35.5. The minimum absolute atomic E-state index is 0.0174. The predicted octanol–water partition coefficient (Wildman–Crippen LogP) is 4.59. The normalized spacial score (nSPS) is 11.2. The van der Waals surface area contributed by atoms with E-state index < -0.39 is 10.0 Å². The second-order valence-corrected chi connectivity index (χ2v) is 7.21. The van der Waals surface area contributed by atoms with Crippen LogP contribution in [-0.2, 0) is 10.0 Å². The van der Waals surface area contributed by atoms with Gasteiger partial charge in [-0.3, -0.25) is 4.72 Å². The van der Waals surface area contributed by atoms with Crippen molar-refractivity contribution >= 4 is 38.9 Å². The van der Waals surface area contributed by atoms with Crippen LogP contribution in [0.2, 0.25) is 10.0 Å². The topological polar surface area (TPSA) is 64.6 Å². The molecule has 0 spiro atoms. The molecule has 0 unspecified atom stereocenters. The van der Waals surface area contributed by atoms with E-state index in [0.717, 1.165) is 0 Å². The summed E-state index contributed by atoms with van der Waals surface area (Å²) in [6, 6.07) is 8.94. The van der Waals surface area contributed by atoms with Crippen LogP contribution >= 0.6 is 23.2 Å². The summed E-state index contributed by atoms with van der Waals surface area (Å²) in [5.41, 5.74) is 0.355. The fourth-order valence-corrected chi connectivity index (χ4v) is 3.41. The van der Waals surface area contributed by atoms with Gasteiger partial charge in [-0.05, 0) is 44.2 Å². The van der Waals surface area contributed by atoms with Crippen LogP contribution in [0.25, 0.3) is 0 Å². The van der Waals surface area contributed by atoms with Crippen molar-refractivity contribution < 1.29 is 17.9 Å². The fraction of sp³-hybridized carbons (Fsp3) is 0.250. The molecule has 0 aliphatic rings. The Kier molecular flexibility index (Phi) is 6.21. The second-order valence-electron chi connectivity index (χ2n) is 4.71. The van der Waals surface area contributed by atoms with Crippen LogP contribution in [0.15, 0.2) is 41.3 Å². The first-order chi connectivity index (χ1) is 11.4. The minimum Gasteiger partial charge on any atom is -0.490 e. The van der Waals surface area contributed by atoms with Gasteiger partial charge in [0.15, 0.2) is 11.5 Å². The molecule has 0 aromatic heterocycles. The molecule has 0 heterocycles. The molecule has 2 rings (SSSR count). The van der Waals surface area contributed by atoms with Crippen LogP contribution in [-0.4, -0.2) is 21.6 Å². The summed E-state index contributed by atoms with van der Waals surface area (Å²) in [5, 5.41) is 0.455. The Labute approximate surface area is 151 Å². The number of rotatable bonds is 7. The average molecular weight is 390 g/mol. The van der Waals surface area contributed by atoms with E-state index in [2.05, 4.69) is 4.72 Å². The summed E-state index contributed by atoms with van der Waals surface area (Å²) >= 11 is 11.7. The molecule has 0 saturated carbocycles. The van der Waals surface area contributed by atoms with Crippen molar-refractivity contribution in [1.29, 1.82) is 0 Å². The number of ether oxygens (including phenoxy) is 2. The monoisotopic (exact) mass is 389 g/mol. The van der Waals surface area contributed by atoms with Crippen LogP contribution in [0.1, 0.15) is 13.8 Å². The Balaban J connectivity index is 2.31. The van der Waals surface area contributed by atoms with E-state index in [9.17, 15) is 8.42 Å². The van der Waals surface area contributed by atoms with E-state index in [1.54, 1.807) is 18.2 Å². The van der Waals surface area contributed by atoms with Crippen LogP contribution in [0.4, 0.5) is 5.69 Å². The van der Waals surface area contributed by atoms with E-state index >= 15 is 0 Å². The second kappa shape index (κ2) is 7.96. The van der Waals surface area contributed by atoms with E-state index in [1.165, 1.54) is 18.2 Å². The molecule has 0 aliphatic carbocycles. The van der Waals surface area contributed by atoms with Crippen molar-refractivity contribution in [3.63, 3.8) is 0 Å². The van der Waals surface area contributed by atoms with Gasteiger partial charge in [0.25, 0.3) is 10.0 Å². The lowest BCUT2D eigenvalue weighted by Crippen LogP contribution is -2.13. The lowest BCUT2D eigenvalue weighted by Gasteiger charge is -2.14. The molecule has 0 aliphatic heterocycles. The molecule has 2 aromatic carbocycles. The molecular weight excluding hydrogens is 373 g/mol. The zero-order valence-electron chi connectivity index (χ0n) is 13.2. The standard InChI is InChI=1S/C16H17Cl2NO4S/c1-3-22-15-8-5-11(9-16(15)23-4-2)19-24(20,21)12-6-7-13(17)14(18)10-12/h5-10,19H,3-4H2,1-2H3. The Hall–Kier alpha value is -1.63. The number of hydrogen-bond acceptors (Lipinski definition) is 4. The number of benzene rings is 2. The third kappa shape index (κ3) is 4.47. The van der Waals surface area contributed by atoms with Crippen LogP contribution in [0.3, 0.4) is 0 Å². The number of sulfonamides is 1. The Morgan fingerprint density at radius 3 is 2.21 bits per heavy atom. The molecule has 8 heteroatoms. The van der Waals surface area contributed by atoms with Gasteiger partial charge in [0, 0.05) is 6.07 Å². The molecule has 1 N–H and O–H groups in total. The Morgan fingerprint density at radius 1 is 0.917 bits per heavy atom. The molecule has 24 heavy (non-hydrogen) atoms. The van der Waals surface area contributed by atoms with E-state index in [1.807, 2.05) is 13.8 Å². The van der Waals surface area contributed by atoms with Gasteiger partial charge >= 0.3 is 0 Å². The summed E-state index contributed by atoms with van der Waals surface area (Å²) in [4.78, 5) is 0.0174. The average Bonchev–Trinajstić information content (AvgIpc) is 2.52. The molecule has 0 atom stereocenters. The number of nitrogens with one attached hydrogen (secondary N) is 1. The zero-order chi connectivity index (χ0) is 17.7. The Bertz CT molecular complexity index is 825. The SMILES string of the molecule is CCOc1ccc(NS(=O)(=O)c2ccc(Cl)c(Cl)c2)cc1OCC. The first-order valence-corrected chi connectivity index (χ1v) is 9.48. The molecule has 0 fully saturated rings. The van der Waals surface area contributed by atoms with Crippen molar-refractivity contribution in [2.45, 2.75) is 18.7 Å². The smallest absolute Gasteiger partial charge is 0.261 e. The van der Waals surface area contributed by atoms with E-state index in [4.69, 9.17) is 32.7 Å². The van der Waals surface area contributed by atoms with Gasteiger partial charge in [0.2, 0.25) is 0 Å². The van der Waals surface area contributed by atoms with Crippen molar-refractivity contribution in [1.82, 2.24) is 0 Å². The van der Waals surface area contributed by atoms with Gasteiger partial charge in [-0.25, -0.2) is 8.42 Å². The van der Waals surface area contributed by atoms with Crippen molar-refractivity contribution in [2.75, 3.05) is 17.9 Å². The van der Waals surface area contributed by atoms with Gasteiger partial charge in [0.1, 0.15) is 0 Å². The quantitative estimate of drug-likeness (QED) is 0.751. The first-order valence-electron chi connectivity index (χ1n) is 7.25. The van der Waals surface area contributed by atoms with Crippen LogP contribution < -0.4 is 14.2 Å². The molecule has 5 nitrogen and oxygen atoms in total. The van der Waals surface area contributed by atoms with Crippen molar-refractivity contribution in [3.05, 3.63) is 46.4 Å². The predicted molar refractivity (Wildman–Crippen MR) is 96.1 cm³/mol. The molecule has 130 valence electrons. The van der Waals surface area contributed by atoms with Crippen molar-refractivity contribution in [3.8, 4) is 11.5 Å². The summed E-state index contributed by atoms with van der Waals surface area (Å²) < 4.78 is 38.3. The summed E-state index contributed by atoms with van der Waals surface area (Å²) in [5.74, 6) is 1.02. The maximum Gasteiger partial charge on any atom is 0.261 e. The van der Waals surface area contributed by atoms with Gasteiger partial charge in [-0.1, -0.05) is 23.2 Å². The first kappa shape index (κ1) is 18.7. The number of anilines is 1. The highest BCUT2D eigenvalue weighted by Crippen LogP contribution is 2.32. The number of halogens is 2. The highest BCUT2D eigenvalue weighted by molar-refractivity contribution is 7.92. The van der Waals surface area contributed by atoms with Crippen LogP contribution in [0, 0.1) is 0 Å². The molecule has 0 saturated heterocycles. The van der Waals surface area contributed by atoms with Gasteiger partial charge in [-0.15, -0.1) is 0 Å². The lowest BCUT2D eigenvalue weighted by molar-refractivity contribution is 0.288. The third-order valence-electron chi connectivity index (χ3n) is 3.00. The van der Waals surface area contributed by atoms with Gasteiger partial charge < -0.3 is 9.47 Å². The van der Waals surface area contributed by atoms with Gasteiger partial charge in [0.05, 0.1) is 33.8 Å². The van der Waals surface area contributed by atoms with E-state index in [-0.39, 0.29) is 14.9 Å². The molecule has 0 amide bonds. The van der Waals surface area contributed by atoms with Gasteiger partial charge in [-0.2, -0.15) is 0 Å². The molecule has 0 radical (unpaired) electrons. The summed E-state index contributed by atoms with van der Waals surface area (Å²) in [7, 11) is -3.80.